The van der Waals surface area contributed by atoms with Gasteiger partial charge in [0.2, 0.25) is 41.4 Å². The van der Waals surface area contributed by atoms with Crippen LogP contribution in [0.3, 0.4) is 0 Å². The number of nitrogens with zero attached hydrogens (tertiary/aromatic N) is 7. The number of likely N-dealkylation sites (tertiary alicyclic amines) is 2. The molecule has 0 radical (unpaired) electrons. The van der Waals surface area contributed by atoms with Crippen LogP contribution >= 0.6 is 0 Å². The van der Waals surface area contributed by atoms with Gasteiger partial charge in [-0.05, 0) is 152 Å². The van der Waals surface area contributed by atoms with E-state index < -0.39 is 66.5 Å². The first-order valence-corrected chi connectivity index (χ1v) is 45.1. The smallest absolute Gasteiger partial charge is 0.416 e. The number of methoxy groups -OCH3 is 3. The average Bonchev–Trinajstić information content (AvgIpc) is 1.60. The number of unbranched alkanes of at least 4 members (excludes halogenated alkanes) is 2. The normalized spacial score (nSPS) is 21.7. The third-order valence-electron chi connectivity index (χ3n) is 24.2. The summed E-state index contributed by atoms with van der Waals surface area (Å²) in [6, 6.07) is 29.2. The highest BCUT2D eigenvalue weighted by Gasteiger charge is 2.49. The zero-order valence-corrected chi connectivity index (χ0v) is 75.0. The molecule has 0 aromatic heterocycles. The van der Waals surface area contributed by atoms with Crippen LogP contribution in [0.1, 0.15) is 126 Å². The van der Waals surface area contributed by atoms with Crippen LogP contribution in [0.25, 0.3) is 11.1 Å². The van der Waals surface area contributed by atoms with Gasteiger partial charge in [-0.1, -0.05) is 67.1 Å². The summed E-state index contributed by atoms with van der Waals surface area (Å²) in [6.07, 6.45) is 5.54. The number of carbonyl (C=O) groups excluding carboxylic acids is 13. The molecule has 11 aliphatic heterocycles. The third-order valence-corrected chi connectivity index (χ3v) is 24.2. The number of aliphatic hydroxyl groups excluding tert-OH is 2. The van der Waals surface area contributed by atoms with E-state index in [1.165, 1.54) is 65.3 Å². The van der Waals surface area contributed by atoms with Gasteiger partial charge in [-0.25, -0.2) is 19.4 Å². The number of benzene rings is 6. The molecule has 38 nitrogen and oxygen atoms in total. The number of hydrogen-bond donors (Lipinski definition) is 9. The van der Waals surface area contributed by atoms with Crippen molar-refractivity contribution in [1.82, 2.24) is 45.8 Å². The second kappa shape index (κ2) is 46.0. The monoisotopic (exact) mass is 1840 g/mol. The van der Waals surface area contributed by atoms with Crippen LogP contribution in [0.2, 0.25) is 0 Å². The topological polar surface area (TPSA) is 452 Å². The van der Waals surface area contributed by atoms with E-state index in [0.717, 1.165) is 15.4 Å². The van der Waals surface area contributed by atoms with Gasteiger partial charge in [-0.3, -0.25) is 57.6 Å². The largest absolute Gasteiger partial charge is 0.497 e. The van der Waals surface area contributed by atoms with Gasteiger partial charge in [0.15, 0.2) is 35.5 Å². The first kappa shape index (κ1) is 96.3. The van der Waals surface area contributed by atoms with Gasteiger partial charge >= 0.3 is 12.2 Å². The summed E-state index contributed by atoms with van der Waals surface area (Å²) in [5.74, 6) is -2.92. The minimum atomic E-state index is -1.78. The number of ether oxygens (including phenoxy) is 9. The minimum Gasteiger partial charge on any atom is -0.497 e. The van der Waals surface area contributed by atoms with Crippen LogP contribution in [0, 0.1) is 0 Å². The summed E-state index contributed by atoms with van der Waals surface area (Å²) in [5.41, 5.74) is 4.90. The van der Waals surface area contributed by atoms with Gasteiger partial charge < -0.3 is 110 Å². The van der Waals surface area contributed by atoms with E-state index >= 15 is 4.79 Å². The molecule has 2 unspecified atom stereocenters. The maximum Gasteiger partial charge on any atom is 0.416 e. The molecule has 6 aromatic rings. The van der Waals surface area contributed by atoms with Crippen molar-refractivity contribution >= 4 is 117 Å². The van der Waals surface area contributed by atoms with Crippen molar-refractivity contribution in [3.05, 3.63) is 179 Å². The number of imide groups is 1. The Morgan fingerprint density at radius 1 is 0.485 bits per heavy atom. The van der Waals surface area contributed by atoms with Crippen LogP contribution in [0.5, 0.6) is 28.7 Å². The van der Waals surface area contributed by atoms with Crippen LogP contribution in [-0.4, -0.2) is 281 Å². The Morgan fingerprint density at radius 2 is 0.955 bits per heavy atom. The summed E-state index contributed by atoms with van der Waals surface area (Å²) in [7, 11) is 4.35. The molecule has 11 aliphatic rings. The number of nitrogens with one attached hydrogen (secondary N) is 7. The Balaban J connectivity index is 0.653. The highest BCUT2D eigenvalue weighted by atomic mass is 16.6. The summed E-state index contributed by atoms with van der Waals surface area (Å²) in [6.45, 7) is 2.32. The lowest BCUT2D eigenvalue weighted by Crippen LogP contribution is -2.51. The fourth-order valence-electron chi connectivity index (χ4n) is 17.2. The van der Waals surface area contributed by atoms with Gasteiger partial charge in [0.05, 0.1) is 109 Å². The molecule has 9 N–H and O–H groups in total. The van der Waals surface area contributed by atoms with E-state index in [2.05, 4.69) is 37.2 Å². The predicted octanol–water partition coefficient (Wildman–Crippen LogP) is 6.63. The van der Waals surface area contributed by atoms with Crippen LogP contribution in [-0.2, 0) is 75.3 Å². The van der Waals surface area contributed by atoms with Gasteiger partial charge in [-0.2, -0.15) is 0 Å². The Morgan fingerprint density at radius 3 is 1.44 bits per heavy atom. The fourth-order valence-corrected chi connectivity index (χ4v) is 17.2. The molecule has 17 rings (SSSR count). The molecule has 710 valence electrons. The van der Waals surface area contributed by atoms with E-state index in [0.29, 0.717) is 141 Å². The molecule has 2 fully saturated rings. The molecular weight excluding hydrogens is 1730 g/mol. The minimum absolute atomic E-state index is 0.0111. The lowest BCUT2D eigenvalue weighted by Gasteiger charge is -2.31. The third kappa shape index (κ3) is 24.0. The highest BCUT2D eigenvalue weighted by molar-refractivity contribution is 6.13. The van der Waals surface area contributed by atoms with Crippen molar-refractivity contribution in [2.24, 2.45) is 0 Å². The molecule has 8 bridgehead atoms. The van der Waals surface area contributed by atoms with E-state index in [4.69, 9.17) is 42.6 Å². The fraction of sp³-hybridized carbons (Fsp3) is 0.427. The van der Waals surface area contributed by atoms with Crippen molar-refractivity contribution in [1.29, 1.82) is 0 Å². The van der Waals surface area contributed by atoms with E-state index in [1.807, 2.05) is 12.1 Å². The van der Waals surface area contributed by atoms with Crippen molar-refractivity contribution < 1.29 is 115 Å². The molecule has 6 atom stereocenters. The van der Waals surface area contributed by atoms with Crippen molar-refractivity contribution in [2.45, 2.75) is 133 Å². The van der Waals surface area contributed by atoms with E-state index in [1.54, 1.807) is 114 Å². The molecule has 11 heterocycles. The number of amides is 13. The molecule has 13 amide bonds. The van der Waals surface area contributed by atoms with Crippen molar-refractivity contribution in [3.63, 3.8) is 0 Å². The van der Waals surface area contributed by atoms with Crippen molar-refractivity contribution in [2.75, 3.05) is 159 Å². The molecule has 2 saturated heterocycles. The molecule has 0 saturated carbocycles. The van der Waals surface area contributed by atoms with Gasteiger partial charge in [0.25, 0.3) is 23.6 Å². The van der Waals surface area contributed by atoms with Gasteiger partial charge in [0.1, 0.15) is 31.0 Å². The van der Waals surface area contributed by atoms with Crippen LogP contribution < -0.4 is 70.7 Å². The van der Waals surface area contributed by atoms with E-state index in [-0.39, 0.29) is 211 Å². The Labute approximate surface area is 773 Å². The average molecular weight is 1850 g/mol. The zero-order chi connectivity index (χ0) is 94.3. The summed E-state index contributed by atoms with van der Waals surface area (Å²) < 4.78 is 53.0. The number of fused-ring (bicyclic) bond motifs is 2. The lowest BCUT2D eigenvalue weighted by atomic mass is 10.0. The maximum atomic E-state index is 15.2. The first-order chi connectivity index (χ1) is 65.0. The number of hydrogen-bond acceptors (Lipinski definition) is 26. The Bertz CT molecular complexity index is 5380. The predicted molar refractivity (Wildman–Crippen MR) is 488 cm³/mol. The molecule has 6 aromatic carbocycles. The molecule has 0 aliphatic carbocycles. The lowest BCUT2D eigenvalue weighted by molar-refractivity contribution is -0.146. The molecule has 134 heavy (non-hydrogen) atoms. The Kier molecular flexibility index (Phi) is 33.1. The van der Waals surface area contributed by atoms with Crippen LogP contribution in [0.4, 0.5) is 38.0 Å². The van der Waals surface area contributed by atoms with Crippen molar-refractivity contribution in [3.8, 4) is 28.7 Å². The van der Waals surface area contributed by atoms with Crippen LogP contribution in [0.15, 0.2) is 146 Å². The number of anilines is 5. The van der Waals surface area contributed by atoms with E-state index in [9.17, 15) is 67.7 Å². The number of rotatable bonds is 14. The summed E-state index contributed by atoms with van der Waals surface area (Å²) >= 11 is 0. The molecule has 38 heteroatoms. The van der Waals surface area contributed by atoms with Gasteiger partial charge in [-0.15, -0.1) is 0 Å². The quantitative estimate of drug-likeness (QED) is 0.0408. The number of aliphatic hydroxyl groups is 2. The zero-order valence-electron chi connectivity index (χ0n) is 75.0. The maximum absolute atomic E-state index is 15.2. The number of carbonyl (C=O) groups is 13. The standard InChI is InChI=1S/C96H112N14O24/c1-126-69-29-21-63(22-30-69)65-49-77-94(123)110-75-53-81(79(128-3)51-71(75)91(120)108(77)57-65)132-43-9-5-8-42-131-80-52-74-70(50-78(80)127-2)90(119)107-56-64(62-19-27-68(28-20-62)103-89(118)72-12-10-41-105(72)92(121)73-13-11-40-104(73)86(115)14-6-4-7-39-106-87(116)33-34-88(106)117)48-76(107)93(122)109(74)95(124)133-58-60-15-23-66(24-16-60)101-84(113)54-97-35-44-129-46-37-99-82(111)31-32-83(112)100-38-47-130-45-36-98-55-85(114)102-67-25-17-61(18-26-67)59-134-96(110)125/h15-30,33-34,48-53,72-73,76-77,93-94,97-98,122-123H,4-14,31-32,35-47,54-59H2,1-3H3,(H,99,111)(H,100,112)(H,101,113)(H,102,114)(H,103,118)/t72-,73-,76-,77-,93?,94?/m0/s1. The second-order valence-corrected chi connectivity index (χ2v) is 33.2. The highest BCUT2D eigenvalue weighted by Crippen LogP contribution is 2.45. The molecule has 0 spiro atoms. The summed E-state index contributed by atoms with van der Waals surface area (Å²) in [5, 5.41) is 45.3. The first-order valence-electron chi connectivity index (χ1n) is 45.1. The Hall–Kier alpha value is -13.8. The van der Waals surface area contributed by atoms with Gasteiger partial charge in [0, 0.05) is 120 Å². The summed E-state index contributed by atoms with van der Waals surface area (Å²) in [4.78, 5) is 186. The molecular formula is C96H112N14O24. The second-order valence-electron chi connectivity index (χ2n) is 33.2. The SMILES string of the molecule is COc1ccc(C2=C[C@H]3C(O)N4C(=O)OCc5ccc(cc5)NC(=O)CNCCOCCNC(=O)CCC(=O)NCCOCCNCC(=O)Nc5ccc(cc5)COC(=O)N5c6cc(c(OC)cc6C(=O)N6CC(c7ccc(NC(=O)[C@@H]8CCCN8C(=O)[C@@H]8CCCN8C(=O)CCCCCN8C(=O)C=CC8=O)cc7)=C[C@H]6C5O)OCCCCCOc5cc4c(cc5OC)C(=O)N3C2)cc1.